The number of ether oxygens (including phenoxy) is 1. The molecule has 8 nitrogen and oxygen atoms in total. The Labute approximate surface area is 209 Å². The van der Waals surface area contributed by atoms with Gasteiger partial charge in [-0.15, -0.1) is 0 Å². The molecule has 36 heavy (non-hydrogen) atoms. The highest BCUT2D eigenvalue weighted by Gasteiger charge is 2.31. The van der Waals surface area contributed by atoms with Crippen molar-refractivity contribution in [3.8, 4) is 23.2 Å². The molecular formula is C28H32N6O2. The number of hydrogen-bond acceptors (Lipinski definition) is 5. The largest absolute Gasteiger partial charge is 0.491 e. The van der Waals surface area contributed by atoms with E-state index >= 15 is 0 Å². The van der Waals surface area contributed by atoms with Crippen LogP contribution in [0.15, 0.2) is 23.1 Å². The molecule has 3 N–H and O–H groups in total. The highest BCUT2D eigenvalue weighted by atomic mass is 16.5. The number of pyridine rings is 1. The predicted molar refractivity (Wildman–Crippen MR) is 141 cm³/mol. The average Bonchev–Trinajstić information content (AvgIpc) is 3.51. The summed E-state index contributed by atoms with van der Waals surface area (Å²) in [5, 5.41) is 10.6. The molecule has 0 radical (unpaired) electrons. The van der Waals surface area contributed by atoms with Crippen LogP contribution in [0.2, 0.25) is 0 Å². The van der Waals surface area contributed by atoms with Gasteiger partial charge in [0.25, 0.3) is 5.56 Å². The predicted octanol–water partition coefficient (Wildman–Crippen LogP) is 4.99. The van der Waals surface area contributed by atoms with Crippen LogP contribution in [0.25, 0.3) is 33.3 Å². The summed E-state index contributed by atoms with van der Waals surface area (Å²) in [6.07, 6.45) is 5.93. The van der Waals surface area contributed by atoms with E-state index in [2.05, 4.69) is 58.9 Å². The van der Waals surface area contributed by atoms with E-state index in [1.54, 1.807) is 6.20 Å². The SMILES string of the molecule is CC(C)COc1c(C2CCN(C)CC2)ccc2[nH]c(-c3c(=O)[nH]cc4c(C#N)c(C5CC5)[nH]c34)nc12. The van der Waals surface area contributed by atoms with Crippen molar-refractivity contribution < 1.29 is 4.74 Å². The summed E-state index contributed by atoms with van der Waals surface area (Å²) in [4.78, 5) is 30.0. The smallest absolute Gasteiger partial charge is 0.261 e. The van der Waals surface area contributed by atoms with Crippen LogP contribution < -0.4 is 10.3 Å². The lowest BCUT2D eigenvalue weighted by Crippen LogP contribution is -2.29. The lowest BCUT2D eigenvalue weighted by atomic mass is 9.88. The molecule has 0 bridgehead atoms. The molecular weight excluding hydrogens is 452 g/mol. The van der Waals surface area contributed by atoms with Gasteiger partial charge in [0.05, 0.1) is 23.2 Å². The Morgan fingerprint density at radius 2 is 1.94 bits per heavy atom. The Morgan fingerprint density at radius 1 is 1.17 bits per heavy atom. The summed E-state index contributed by atoms with van der Waals surface area (Å²) in [6.45, 7) is 7.01. The first-order chi connectivity index (χ1) is 17.4. The average molecular weight is 485 g/mol. The molecule has 4 aromatic rings. The van der Waals surface area contributed by atoms with Gasteiger partial charge in [0.15, 0.2) is 5.75 Å². The monoisotopic (exact) mass is 484 g/mol. The van der Waals surface area contributed by atoms with Gasteiger partial charge >= 0.3 is 0 Å². The molecule has 1 aliphatic heterocycles. The van der Waals surface area contributed by atoms with Crippen LogP contribution >= 0.6 is 0 Å². The number of aromatic nitrogens is 4. The van der Waals surface area contributed by atoms with Gasteiger partial charge in [-0.05, 0) is 69.3 Å². The summed E-state index contributed by atoms with van der Waals surface area (Å²) in [5.41, 5.74) is 5.19. The number of fused-ring (bicyclic) bond motifs is 2. The van der Waals surface area contributed by atoms with Crippen LogP contribution in [-0.4, -0.2) is 51.6 Å². The number of imidazole rings is 1. The highest BCUT2D eigenvalue weighted by Crippen LogP contribution is 2.44. The molecule has 1 saturated carbocycles. The Hall–Kier alpha value is -3.57. The molecule has 4 heterocycles. The minimum atomic E-state index is -0.241. The zero-order valence-corrected chi connectivity index (χ0v) is 21.1. The normalized spacial score (nSPS) is 17.3. The molecule has 186 valence electrons. The third kappa shape index (κ3) is 3.88. The van der Waals surface area contributed by atoms with Crippen molar-refractivity contribution in [2.45, 2.75) is 51.4 Å². The molecule has 6 rings (SSSR count). The standard InChI is InChI=1S/C28H32N6O2/c1-15(2)14-36-26-18(16-8-10-34(3)11-9-16)6-7-21-25(26)33-27(31-21)22-24-20(13-30-28(22)35)19(12-29)23(32-24)17-4-5-17/h6-7,13,15-17,32H,4-5,8-11,14H2,1-3H3,(H,30,35)(H,31,33). The second kappa shape index (κ2) is 8.82. The Morgan fingerprint density at radius 3 is 2.64 bits per heavy atom. The number of aromatic amines is 3. The molecule has 1 saturated heterocycles. The first kappa shape index (κ1) is 22.9. The number of piperidine rings is 1. The minimum absolute atomic E-state index is 0.241. The fourth-order valence-electron chi connectivity index (χ4n) is 5.45. The van der Waals surface area contributed by atoms with Crippen LogP contribution in [0.1, 0.15) is 68.2 Å². The second-order valence-electron chi connectivity index (χ2n) is 10.8. The van der Waals surface area contributed by atoms with E-state index in [-0.39, 0.29) is 5.56 Å². The van der Waals surface area contributed by atoms with E-state index in [1.807, 2.05) is 0 Å². The van der Waals surface area contributed by atoms with Gasteiger partial charge in [-0.2, -0.15) is 5.26 Å². The number of nitrogens with one attached hydrogen (secondary N) is 3. The van der Waals surface area contributed by atoms with E-state index in [0.717, 1.165) is 66.6 Å². The molecule has 0 amide bonds. The third-order valence-electron chi connectivity index (χ3n) is 7.58. The van der Waals surface area contributed by atoms with Crippen molar-refractivity contribution in [3.63, 3.8) is 0 Å². The number of likely N-dealkylation sites (tertiary alicyclic amines) is 1. The van der Waals surface area contributed by atoms with Gasteiger partial charge < -0.3 is 24.6 Å². The summed E-state index contributed by atoms with van der Waals surface area (Å²) >= 11 is 0. The van der Waals surface area contributed by atoms with Gasteiger partial charge in [0, 0.05) is 23.2 Å². The molecule has 2 fully saturated rings. The van der Waals surface area contributed by atoms with Crippen LogP contribution in [0, 0.1) is 17.2 Å². The van der Waals surface area contributed by atoms with Gasteiger partial charge in [0.1, 0.15) is 23.0 Å². The maximum Gasteiger partial charge on any atom is 0.261 e. The van der Waals surface area contributed by atoms with Gasteiger partial charge in [-0.3, -0.25) is 4.79 Å². The first-order valence-electron chi connectivity index (χ1n) is 13.0. The number of nitrogens with zero attached hydrogens (tertiary/aromatic N) is 3. The molecule has 0 spiro atoms. The lowest BCUT2D eigenvalue weighted by molar-refractivity contribution is 0.243. The van der Waals surface area contributed by atoms with Crippen molar-refractivity contribution in [1.29, 1.82) is 5.26 Å². The molecule has 8 heteroatoms. The van der Waals surface area contributed by atoms with Crippen LogP contribution in [0.3, 0.4) is 0 Å². The molecule has 3 aromatic heterocycles. The van der Waals surface area contributed by atoms with Crippen molar-refractivity contribution in [3.05, 3.63) is 45.5 Å². The Bertz CT molecular complexity index is 1540. The Kier molecular flexibility index (Phi) is 5.60. The summed E-state index contributed by atoms with van der Waals surface area (Å²) < 4.78 is 6.41. The van der Waals surface area contributed by atoms with Crippen molar-refractivity contribution in [1.82, 2.24) is 24.8 Å². The molecule has 2 aliphatic rings. The number of rotatable bonds is 6. The van der Waals surface area contributed by atoms with E-state index in [4.69, 9.17) is 9.72 Å². The lowest BCUT2D eigenvalue weighted by Gasteiger charge is -2.30. The summed E-state index contributed by atoms with van der Waals surface area (Å²) in [7, 11) is 2.17. The van der Waals surface area contributed by atoms with Crippen molar-refractivity contribution in [2.24, 2.45) is 5.92 Å². The minimum Gasteiger partial charge on any atom is -0.491 e. The third-order valence-corrected chi connectivity index (χ3v) is 7.58. The molecule has 0 unspecified atom stereocenters. The van der Waals surface area contributed by atoms with Gasteiger partial charge in [0.2, 0.25) is 0 Å². The number of hydrogen-bond donors (Lipinski definition) is 3. The maximum atomic E-state index is 13.1. The van der Waals surface area contributed by atoms with Crippen molar-refractivity contribution >= 4 is 21.9 Å². The number of nitriles is 1. The van der Waals surface area contributed by atoms with Crippen molar-refractivity contribution in [2.75, 3.05) is 26.7 Å². The number of benzene rings is 1. The second-order valence-corrected chi connectivity index (χ2v) is 10.8. The molecule has 0 atom stereocenters. The fourth-order valence-corrected chi connectivity index (χ4v) is 5.45. The van der Waals surface area contributed by atoms with E-state index in [1.165, 1.54) is 5.56 Å². The highest BCUT2D eigenvalue weighted by molar-refractivity contribution is 5.98. The zero-order valence-electron chi connectivity index (χ0n) is 21.1. The maximum absolute atomic E-state index is 13.1. The first-order valence-corrected chi connectivity index (χ1v) is 13.0. The van der Waals surface area contributed by atoms with E-state index in [0.29, 0.717) is 46.8 Å². The van der Waals surface area contributed by atoms with Crippen LogP contribution in [0.5, 0.6) is 5.75 Å². The van der Waals surface area contributed by atoms with Crippen LogP contribution in [-0.2, 0) is 0 Å². The fraction of sp³-hybridized carbons (Fsp3) is 0.464. The van der Waals surface area contributed by atoms with E-state index < -0.39 is 0 Å². The Balaban J connectivity index is 1.51. The van der Waals surface area contributed by atoms with Crippen LogP contribution in [0.4, 0.5) is 0 Å². The summed E-state index contributed by atoms with van der Waals surface area (Å²) in [6, 6.07) is 6.56. The van der Waals surface area contributed by atoms with E-state index in [9.17, 15) is 10.1 Å². The molecule has 1 aliphatic carbocycles. The van der Waals surface area contributed by atoms with Gasteiger partial charge in [-0.25, -0.2) is 4.98 Å². The topological polar surface area (TPSA) is 114 Å². The number of H-pyrrole nitrogens is 3. The zero-order chi connectivity index (χ0) is 25.0. The quantitative estimate of drug-likeness (QED) is 0.357. The summed E-state index contributed by atoms with van der Waals surface area (Å²) in [5.74, 6) is 2.47. The molecule has 1 aromatic carbocycles. The van der Waals surface area contributed by atoms with Gasteiger partial charge in [-0.1, -0.05) is 19.9 Å².